The van der Waals surface area contributed by atoms with Gasteiger partial charge in [-0.1, -0.05) is 127 Å². The Labute approximate surface area is 280 Å². The van der Waals surface area contributed by atoms with Crippen molar-refractivity contribution in [1.29, 1.82) is 0 Å². The molecular weight excluding hydrogens is 594 g/mol. The second-order valence-corrected chi connectivity index (χ2v) is 11.8. The number of aldehydes is 3. The molecule has 0 atom stereocenters. The fraction of sp³-hybridized carbons (Fsp3) is 0.0714. The third-order valence-corrected chi connectivity index (χ3v) is 8.77. The molecule has 0 bridgehead atoms. The summed E-state index contributed by atoms with van der Waals surface area (Å²) in [6, 6.07) is 47.8. The van der Waals surface area contributed by atoms with Crippen LogP contribution in [0.2, 0.25) is 0 Å². The maximum Gasteiger partial charge on any atom is 0.150 e. The van der Waals surface area contributed by atoms with Crippen molar-refractivity contribution < 1.29 is 14.4 Å². The standard InChI is InChI=1S/C42H33N3O3/c46-25-31-16-19-37(34-10-4-1-5-11-34)40(22-31)43-28-44(41-23-32(26-47)17-20-38(41)35-12-6-2-7-13-35)30-45(29-43)42-24-33(27-48)18-21-39(42)36-14-8-3-9-15-36/h1-27H,28-30H2. The Morgan fingerprint density at radius 2 is 0.625 bits per heavy atom. The van der Waals surface area contributed by atoms with E-state index in [9.17, 15) is 14.4 Å². The number of anilines is 3. The summed E-state index contributed by atoms with van der Waals surface area (Å²) in [4.78, 5) is 43.1. The molecule has 6 aromatic carbocycles. The highest BCUT2D eigenvalue weighted by Gasteiger charge is 2.29. The number of nitrogens with zero attached hydrogens (tertiary/aromatic N) is 3. The summed E-state index contributed by atoms with van der Waals surface area (Å²) in [6.45, 7) is 1.44. The number of rotatable bonds is 9. The van der Waals surface area contributed by atoms with Gasteiger partial charge in [0, 0.05) is 50.4 Å². The number of carbonyl (C=O) groups is 3. The van der Waals surface area contributed by atoms with Crippen molar-refractivity contribution in [2.24, 2.45) is 0 Å². The van der Waals surface area contributed by atoms with Gasteiger partial charge < -0.3 is 14.7 Å². The Morgan fingerprint density at radius 1 is 0.354 bits per heavy atom. The second kappa shape index (κ2) is 13.6. The van der Waals surface area contributed by atoms with Crippen LogP contribution in [0, 0.1) is 0 Å². The zero-order valence-corrected chi connectivity index (χ0v) is 26.3. The molecule has 0 saturated carbocycles. The Bertz CT molecular complexity index is 1840. The molecule has 1 aliphatic rings. The van der Waals surface area contributed by atoms with Gasteiger partial charge in [-0.25, -0.2) is 0 Å². The van der Waals surface area contributed by atoms with Crippen LogP contribution in [0.4, 0.5) is 17.1 Å². The van der Waals surface area contributed by atoms with E-state index in [0.717, 1.165) is 69.3 Å². The first-order valence-corrected chi connectivity index (χ1v) is 15.8. The minimum absolute atomic E-state index is 0.481. The van der Waals surface area contributed by atoms with Gasteiger partial charge in [-0.3, -0.25) is 14.4 Å². The van der Waals surface area contributed by atoms with Gasteiger partial charge in [0.05, 0.1) is 20.0 Å². The summed E-state index contributed by atoms with van der Waals surface area (Å²) in [5, 5.41) is 0. The fourth-order valence-electron chi connectivity index (χ4n) is 6.45. The average Bonchev–Trinajstić information content (AvgIpc) is 3.18. The lowest BCUT2D eigenvalue weighted by Crippen LogP contribution is -2.56. The molecule has 6 heteroatoms. The van der Waals surface area contributed by atoms with E-state index in [1.165, 1.54) is 0 Å². The summed E-state index contributed by atoms with van der Waals surface area (Å²) in [5.74, 6) is 0. The molecule has 48 heavy (non-hydrogen) atoms. The smallest absolute Gasteiger partial charge is 0.150 e. The molecule has 0 radical (unpaired) electrons. The molecule has 0 aliphatic carbocycles. The molecule has 1 saturated heterocycles. The molecular formula is C42H33N3O3. The first kappa shape index (κ1) is 30.4. The molecule has 234 valence electrons. The third-order valence-electron chi connectivity index (χ3n) is 8.77. The number of carbonyl (C=O) groups excluding carboxylic acids is 3. The lowest BCUT2D eigenvalue weighted by molar-refractivity contribution is 0.111. The normalized spacial score (nSPS) is 12.9. The highest BCUT2D eigenvalue weighted by Crippen LogP contribution is 2.40. The van der Waals surface area contributed by atoms with E-state index in [-0.39, 0.29) is 0 Å². The van der Waals surface area contributed by atoms with Crippen LogP contribution in [-0.2, 0) is 0 Å². The van der Waals surface area contributed by atoms with Crippen LogP contribution in [0.5, 0.6) is 0 Å². The van der Waals surface area contributed by atoms with Crippen LogP contribution in [0.15, 0.2) is 146 Å². The Morgan fingerprint density at radius 3 is 0.875 bits per heavy atom. The fourth-order valence-corrected chi connectivity index (χ4v) is 6.45. The maximum atomic E-state index is 12.1. The summed E-state index contributed by atoms with van der Waals surface area (Å²) < 4.78 is 0. The van der Waals surface area contributed by atoms with Gasteiger partial charge in [0.15, 0.2) is 0 Å². The summed E-state index contributed by atoms with van der Waals surface area (Å²) in [5.41, 5.74) is 10.5. The van der Waals surface area contributed by atoms with E-state index >= 15 is 0 Å². The van der Waals surface area contributed by atoms with Crippen molar-refractivity contribution in [1.82, 2.24) is 0 Å². The van der Waals surface area contributed by atoms with Gasteiger partial charge in [0.1, 0.15) is 18.9 Å². The SMILES string of the molecule is O=Cc1ccc(-c2ccccc2)c(N2CN(c3cc(C=O)ccc3-c3ccccc3)CN(c3cc(C=O)ccc3-c3ccccc3)C2)c1. The van der Waals surface area contributed by atoms with Crippen LogP contribution >= 0.6 is 0 Å². The van der Waals surface area contributed by atoms with Gasteiger partial charge in [0.25, 0.3) is 0 Å². The monoisotopic (exact) mass is 627 g/mol. The molecule has 0 unspecified atom stereocenters. The number of hydrogen-bond acceptors (Lipinski definition) is 6. The van der Waals surface area contributed by atoms with Crippen LogP contribution in [0.25, 0.3) is 33.4 Å². The molecule has 0 N–H and O–H groups in total. The molecule has 0 spiro atoms. The van der Waals surface area contributed by atoms with Crippen molar-refractivity contribution in [2.75, 3.05) is 34.7 Å². The predicted octanol–water partition coefficient (Wildman–Crippen LogP) is 8.83. The van der Waals surface area contributed by atoms with Gasteiger partial charge in [-0.15, -0.1) is 0 Å². The minimum Gasteiger partial charge on any atom is -0.335 e. The third kappa shape index (κ3) is 6.11. The first-order valence-electron chi connectivity index (χ1n) is 15.8. The van der Waals surface area contributed by atoms with E-state index in [1.54, 1.807) is 0 Å². The first-order chi connectivity index (χ1) is 23.6. The lowest BCUT2D eigenvalue weighted by atomic mass is 9.99. The van der Waals surface area contributed by atoms with Crippen LogP contribution in [0.1, 0.15) is 31.1 Å². The van der Waals surface area contributed by atoms with E-state index in [0.29, 0.717) is 36.7 Å². The van der Waals surface area contributed by atoms with Gasteiger partial charge in [0.2, 0.25) is 0 Å². The van der Waals surface area contributed by atoms with Crippen LogP contribution < -0.4 is 14.7 Å². The molecule has 6 nitrogen and oxygen atoms in total. The van der Waals surface area contributed by atoms with Crippen molar-refractivity contribution in [3.63, 3.8) is 0 Å². The quantitative estimate of drug-likeness (QED) is 0.149. The van der Waals surface area contributed by atoms with Gasteiger partial charge in [-0.2, -0.15) is 0 Å². The highest BCUT2D eigenvalue weighted by molar-refractivity contribution is 5.90. The van der Waals surface area contributed by atoms with Crippen LogP contribution in [0.3, 0.4) is 0 Å². The molecule has 1 aliphatic heterocycles. The van der Waals surface area contributed by atoms with Gasteiger partial charge >= 0.3 is 0 Å². The van der Waals surface area contributed by atoms with Crippen molar-refractivity contribution in [2.45, 2.75) is 0 Å². The largest absolute Gasteiger partial charge is 0.335 e. The Kier molecular flexibility index (Phi) is 8.62. The summed E-state index contributed by atoms with van der Waals surface area (Å²) in [7, 11) is 0. The summed E-state index contributed by atoms with van der Waals surface area (Å²) in [6.07, 6.45) is 2.62. The number of benzene rings is 6. The highest BCUT2D eigenvalue weighted by atomic mass is 16.1. The molecule has 6 aromatic rings. The maximum absolute atomic E-state index is 12.1. The van der Waals surface area contributed by atoms with Crippen molar-refractivity contribution in [3.8, 4) is 33.4 Å². The van der Waals surface area contributed by atoms with E-state index in [1.807, 2.05) is 109 Å². The van der Waals surface area contributed by atoms with E-state index in [2.05, 4.69) is 51.1 Å². The molecule has 0 aromatic heterocycles. The molecule has 0 amide bonds. The van der Waals surface area contributed by atoms with Crippen molar-refractivity contribution in [3.05, 3.63) is 162 Å². The zero-order valence-electron chi connectivity index (χ0n) is 26.3. The lowest BCUT2D eigenvalue weighted by Gasteiger charge is -2.47. The van der Waals surface area contributed by atoms with E-state index in [4.69, 9.17) is 0 Å². The minimum atomic E-state index is 0.481. The molecule has 1 heterocycles. The van der Waals surface area contributed by atoms with Crippen molar-refractivity contribution >= 4 is 35.9 Å². The number of hydrogen-bond donors (Lipinski definition) is 0. The summed E-state index contributed by atoms with van der Waals surface area (Å²) >= 11 is 0. The molecule has 7 rings (SSSR count). The molecule has 1 fully saturated rings. The Hall–Kier alpha value is -6.27. The average molecular weight is 628 g/mol. The second-order valence-electron chi connectivity index (χ2n) is 11.8. The predicted molar refractivity (Wildman–Crippen MR) is 194 cm³/mol. The zero-order chi connectivity index (χ0) is 32.9. The Balaban J connectivity index is 1.43. The topological polar surface area (TPSA) is 60.9 Å². The van der Waals surface area contributed by atoms with Crippen LogP contribution in [-0.4, -0.2) is 38.9 Å². The van der Waals surface area contributed by atoms with Gasteiger partial charge in [-0.05, 0) is 34.9 Å². The van der Waals surface area contributed by atoms with E-state index < -0.39 is 0 Å².